The topological polar surface area (TPSA) is 70.6 Å². The Morgan fingerprint density at radius 1 is 0.962 bits per heavy atom. The van der Waals surface area contributed by atoms with E-state index < -0.39 is 5.91 Å². The number of carbonyl (C=O) groups excluding carboxylic acids is 2. The first-order valence-electron chi connectivity index (χ1n) is 7.66. The van der Waals surface area contributed by atoms with Gasteiger partial charge in [-0.25, -0.2) is 5.43 Å². The summed E-state index contributed by atoms with van der Waals surface area (Å²) in [4.78, 5) is 25.6. The van der Waals surface area contributed by atoms with E-state index in [1.54, 1.807) is 54.7 Å². The number of nitrogens with one attached hydrogen (secondary N) is 2. The van der Waals surface area contributed by atoms with Crippen molar-refractivity contribution in [3.8, 4) is 0 Å². The van der Waals surface area contributed by atoms with Crippen LogP contribution >= 0.6 is 22.9 Å². The molecule has 3 rings (SSSR count). The van der Waals surface area contributed by atoms with Crippen LogP contribution in [0.15, 0.2) is 71.1 Å². The Kier molecular flexibility index (Phi) is 5.78. The number of nitrogens with zero attached hydrogens (tertiary/aromatic N) is 1. The summed E-state index contributed by atoms with van der Waals surface area (Å²) in [5.74, 6) is -0.742. The number of rotatable bonds is 5. The largest absolute Gasteiger partial charge is 0.321 e. The SMILES string of the molecule is O=C(Nc1ccccc1C(=O)N/N=C\c1cccs1)c1ccc(Cl)cc1. The standard InChI is InChI=1S/C19H14ClN3O2S/c20-14-9-7-13(8-10-14)18(24)22-17-6-2-1-5-16(17)19(25)23-21-12-15-4-3-11-26-15/h1-12H,(H,22,24)(H,23,25)/b21-12-. The van der Waals surface area contributed by atoms with E-state index >= 15 is 0 Å². The van der Waals surface area contributed by atoms with Crippen LogP contribution in [0, 0.1) is 0 Å². The summed E-state index contributed by atoms with van der Waals surface area (Å²) in [6, 6.07) is 17.0. The Labute approximate surface area is 159 Å². The maximum Gasteiger partial charge on any atom is 0.273 e. The molecule has 0 aliphatic rings. The summed E-state index contributed by atoms with van der Waals surface area (Å²) >= 11 is 7.35. The predicted molar refractivity (Wildman–Crippen MR) is 105 cm³/mol. The molecule has 0 aliphatic carbocycles. The van der Waals surface area contributed by atoms with Crippen molar-refractivity contribution in [1.82, 2.24) is 5.43 Å². The van der Waals surface area contributed by atoms with E-state index in [1.165, 1.54) is 11.3 Å². The normalized spacial score (nSPS) is 10.7. The number of hydrogen-bond acceptors (Lipinski definition) is 4. The van der Waals surface area contributed by atoms with Crippen molar-refractivity contribution in [3.63, 3.8) is 0 Å². The Morgan fingerprint density at radius 2 is 1.73 bits per heavy atom. The highest BCUT2D eigenvalue weighted by molar-refractivity contribution is 7.11. The number of amides is 2. The summed E-state index contributed by atoms with van der Waals surface area (Å²) in [6.07, 6.45) is 1.57. The van der Waals surface area contributed by atoms with Crippen molar-refractivity contribution in [2.75, 3.05) is 5.32 Å². The highest BCUT2D eigenvalue weighted by Crippen LogP contribution is 2.17. The summed E-state index contributed by atoms with van der Waals surface area (Å²) in [6.45, 7) is 0. The molecule has 26 heavy (non-hydrogen) atoms. The third kappa shape index (κ3) is 4.56. The summed E-state index contributed by atoms with van der Waals surface area (Å²) in [5, 5.41) is 9.14. The highest BCUT2D eigenvalue weighted by atomic mass is 35.5. The average molecular weight is 384 g/mol. The van der Waals surface area contributed by atoms with Crippen molar-refractivity contribution in [3.05, 3.63) is 87.1 Å². The van der Waals surface area contributed by atoms with E-state index in [2.05, 4.69) is 15.8 Å². The van der Waals surface area contributed by atoms with Gasteiger partial charge in [-0.05, 0) is 47.8 Å². The molecule has 0 radical (unpaired) electrons. The maximum absolute atomic E-state index is 12.4. The van der Waals surface area contributed by atoms with E-state index in [1.807, 2.05) is 17.5 Å². The zero-order valence-electron chi connectivity index (χ0n) is 13.5. The predicted octanol–water partition coefficient (Wildman–Crippen LogP) is 4.42. The molecule has 0 aliphatic heterocycles. The first kappa shape index (κ1) is 17.8. The minimum atomic E-state index is -0.412. The first-order chi connectivity index (χ1) is 12.6. The molecular formula is C19H14ClN3O2S. The van der Waals surface area contributed by atoms with Crippen molar-refractivity contribution < 1.29 is 9.59 Å². The van der Waals surface area contributed by atoms with Crippen LogP contribution in [0.1, 0.15) is 25.6 Å². The molecule has 3 aromatic rings. The molecular weight excluding hydrogens is 370 g/mol. The van der Waals surface area contributed by atoms with Crippen LogP contribution in [0.5, 0.6) is 0 Å². The number of anilines is 1. The second-order valence-corrected chi connectivity index (χ2v) is 6.64. The zero-order valence-corrected chi connectivity index (χ0v) is 15.1. The van der Waals surface area contributed by atoms with Gasteiger partial charge < -0.3 is 5.32 Å². The quantitative estimate of drug-likeness (QED) is 0.505. The van der Waals surface area contributed by atoms with Crippen molar-refractivity contribution in [2.24, 2.45) is 5.10 Å². The fourth-order valence-electron chi connectivity index (χ4n) is 2.17. The van der Waals surface area contributed by atoms with Crippen LogP contribution in [-0.2, 0) is 0 Å². The van der Waals surface area contributed by atoms with Crippen LogP contribution in [0.3, 0.4) is 0 Å². The van der Waals surface area contributed by atoms with Crippen LogP contribution in [-0.4, -0.2) is 18.0 Å². The van der Waals surface area contributed by atoms with Crippen LogP contribution in [0.25, 0.3) is 0 Å². The Morgan fingerprint density at radius 3 is 2.46 bits per heavy atom. The Bertz CT molecular complexity index is 938. The molecule has 0 unspecified atom stereocenters. The van der Waals surface area contributed by atoms with Gasteiger partial charge in [0.15, 0.2) is 0 Å². The molecule has 0 spiro atoms. The van der Waals surface area contributed by atoms with Gasteiger partial charge in [0.2, 0.25) is 0 Å². The summed E-state index contributed by atoms with van der Waals surface area (Å²) in [7, 11) is 0. The van der Waals surface area contributed by atoms with Gasteiger partial charge in [-0.3, -0.25) is 9.59 Å². The molecule has 1 heterocycles. The van der Waals surface area contributed by atoms with Gasteiger partial charge in [0, 0.05) is 15.5 Å². The Hall–Kier alpha value is -2.96. The van der Waals surface area contributed by atoms with Crippen LogP contribution < -0.4 is 10.7 Å². The summed E-state index contributed by atoms with van der Waals surface area (Å²) in [5.41, 5.74) is 3.63. The third-order valence-electron chi connectivity index (χ3n) is 3.43. The van der Waals surface area contributed by atoms with E-state index in [-0.39, 0.29) is 5.91 Å². The molecule has 1 aromatic heterocycles. The maximum atomic E-state index is 12.4. The Balaban J connectivity index is 1.72. The number of hydrogen-bond donors (Lipinski definition) is 2. The molecule has 0 bridgehead atoms. The average Bonchev–Trinajstić information content (AvgIpc) is 3.16. The van der Waals surface area contributed by atoms with Crippen molar-refractivity contribution in [2.45, 2.75) is 0 Å². The minimum Gasteiger partial charge on any atom is -0.321 e. The van der Waals surface area contributed by atoms with Crippen LogP contribution in [0.2, 0.25) is 5.02 Å². The molecule has 2 amide bonds. The number of para-hydroxylation sites is 1. The number of hydrazone groups is 1. The molecule has 0 saturated carbocycles. The van der Waals surface area contributed by atoms with Gasteiger partial charge in [0.05, 0.1) is 17.5 Å². The number of carbonyl (C=O) groups is 2. The fourth-order valence-corrected chi connectivity index (χ4v) is 2.88. The van der Waals surface area contributed by atoms with Crippen molar-refractivity contribution in [1.29, 1.82) is 0 Å². The number of thiophene rings is 1. The van der Waals surface area contributed by atoms with Gasteiger partial charge in [-0.2, -0.15) is 5.10 Å². The first-order valence-corrected chi connectivity index (χ1v) is 8.92. The molecule has 5 nitrogen and oxygen atoms in total. The smallest absolute Gasteiger partial charge is 0.273 e. The molecule has 2 N–H and O–H groups in total. The number of benzene rings is 2. The molecule has 0 saturated heterocycles. The van der Waals surface area contributed by atoms with Gasteiger partial charge in [0.1, 0.15) is 0 Å². The van der Waals surface area contributed by atoms with Crippen LogP contribution in [0.4, 0.5) is 5.69 Å². The molecule has 0 atom stereocenters. The van der Waals surface area contributed by atoms with E-state index in [9.17, 15) is 9.59 Å². The second-order valence-electron chi connectivity index (χ2n) is 5.22. The minimum absolute atomic E-state index is 0.318. The lowest BCUT2D eigenvalue weighted by Gasteiger charge is -2.10. The van der Waals surface area contributed by atoms with Gasteiger partial charge in [-0.15, -0.1) is 11.3 Å². The van der Waals surface area contributed by atoms with E-state index in [0.717, 1.165) is 4.88 Å². The van der Waals surface area contributed by atoms with Gasteiger partial charge >= 0.3 is 0 Å². The monoisotopic (exact) mass is 383 g/mol. The fraction of sp³-hybridized carbons (Fsp3) is 0. The van der Waals surface area contributed by atoms with E-state index in [0.29, 0.717) is 21.8 Å². The van der Waals surface area contributed by atoms with Gasteiger partial charge in [-0.1, -0.05) is 29.8 Å². The lowest BCUT2D eigenvalue weighted by Crippen LogP contribution is -2.21. The zero-order chi connectivity index (χ0) is 18.4. The van der Waals surface area contributed by atoms with Crippen molar-refractivity contribution >= 4 is 46.7 Å². The third-order valence-corrected chi connectivity index (χ3v) is 4.49. The summed E-state index contributed by atoms with van der Waals surface area (Å²) < 4.78 is 0. The molecule has 2 aromatic carbocycles. The molecule has 0 fully saturated rings. The second kappa shape index (κ2) is 8.42. The highest BCUT2D eigenvalue weighted by Gasteiger charge is 2.13. The van der Waals surface area contributed by atoms with E-state index in [4.69, 9.17) is 11.6 Å². The lowest BCUT2D eigenvalue weighted by molar-refractivity contribution is 0.0956. The lowest BCUT2D eigenvalue weighted by atomic mass is 10.1. The number of halogens is 1. The molecule has 130 valence electrons. The van der Waals surface area contributed by atoms with Gasteiger partial charge in [0.25, 0.3) is 11.8 Å². The molecule has 7 heteroatoms.